The van der Waals surface area contributed by atoms with Gasteiger partial charge in [0.1, 0.15) is 0 Å². The van der Waals surface area contributed by atoms with E-state index in [4.69, 9.17) is 33.2 Å². The third-order valence-corrected chi connectivity index (χ3v) is 3.58. The molecule has 0 saturated carbocycles. The van der Waals surface area contributed by atoms with Crippen LogP contribution in [0.15, 0.2) is 0 Å². The fourth-order valence-electron chi connectivity index (χ4n) is 0.418. The van der Waals surface area contributed by atoms with Crippen LogP contribution in [0.5, 0.6) is 0 Å². The predicted molar refractivity (Wildman–Crippen MR) is 43.7 cm³/mol. The van der Waals surface area contributed by atoms with Gasteiger partial charge in [0.05, 0.1) is 0 Å². The lowest BCUT2D eigenvalue weighted by molar-refractivity contribution is -0.129. The second kappa shape index (κ2) is 4.35. The Bertz CT molecular complexity index is 146. The summed E-state index contributed by atoms with van der Waals surface area (Å²) >= 11 is 15.7. The molecule has 0 aromatic carbocycles. The van der Waals surface area contributed by atoms with Crippen LogP contribution < -0.4 is 0 Å². The van der Waals surface area contributed by atoms with Crippen LogP contribution in [0.4, 0.5) is 17.6 Å². The highest BCUT2D eigenvalue weighted by atomic mass is 35.8. The Balaban J connectivity index is 3.93. The van der Waals surface area contributed by atoms with Crippen molar-refractivity contribution in [3.63, 3.8) is 0 Å². The van der Waals surface area contributed by atoms with Crippen LogP contribution in [0.2, 0.25) is 6.04 Å². The first-order valence-electron chi connectivity index (χ1n) is 2.88. The molecule has 0 nitrogen and oxygen atoms in total. The monoisotopic (exact) mass is 262 g/mol. The van der Waals surface area contributed by atoms with Crippen molar-refractivity contribution in [2.24, 2.45) is 0 Å². The molecular weight excluding hydrogens is 258 g/mol. The van der Waals surface area contributed by atoms with Gasteiger partial charge in [-0.25, -0.2) is 17.6 Å². The Morgan fingerprint density at radius 2 is 1.58 bits per heavy atom. The Labute approximate surface area is 81.9 Å². The zero-order valence-electron chi connectivity index (χ0n) is 5.64. The van der Waals surface area contributed by atoms with Crippen LogP contribution >= 0.6 is 33.2 Å². The smallest absolute Gasteiger partial charge is 0.204 e. The largest absolute Gasteiger partial charge is 0.341 e. The van der Waals surface area contributed by atoms with Gasteiger partial charge in [-0.1, -0.05) is 0 Å². The van der Waals surface area contributed by atoms with Gasteiger partial charge in [0.15, 0.2) is 0 Å². The number of rotatable bonds is 4. The first-order chi connectivity index (χ1) is 5.15. The summed E-state index contributed by atoms with van der Waals surface area (Å²) in [5.41, 5.74) is 0. The predicted octanol–water partition coefficient (Wildman–Crippen LogP) is 3.93. The fraction of sp³-hybridized carbons (Fsp3) is 1.00. The third-order valence-electron chi connectivity index (χ3n) is 1.06. The maximum Gasteiger partial charge on any atom is 0.341 e. The Morgan fingerprint density at radius 1 is 1.17 bits per heavy atom. The molecule has 0 fully saturated rings. The molecule has 0 aromatic heterocycles. The second-order valence-electron chi connectivity index (χ2n) is 2.18. The van der Waals surface area contributed by atoms with Crippen molar-refractivity contribution < 1.29 is 17.6 Å². The number of hydrogen-bond donors (Lipinski definition) is 0. The topological polar surface area (TPSA) is 0 Å². The van der Waals surface area contributed by atoms with E-state index in [0.29, 0.717) is 0 Å². The van der Waals surface area contributed by atoms with E-state index in [1.54, 1.807) is 0 Å². The summed E-state index contributed by atoms with van der Waals surface area (Å²) in [6, 6.07) is -3.67. The zero-order valence-corrected chi connectivity index (χ0v) is 8.91. The van der Waals surface area contributed by atoms with Crippen LogP contribution in [0.3, 0.4) is 0 Å². The van der Waals surface area contributed by atoms with E-state index in [0.717, 1.165) is 0 Å². The van der Waals surface area contributed by atoms with Crippen molar-refractivity contribution in [3.05, 3.63) is 0 Å². The van der Waals surface area contributed by atoms with Crippen molar-refractivity contribution in [1.82, 2.24) is 0 Å². The van der Waals surface area contributed by atoms with Gasteiger partial charge in [-0.3, -0.25) is 0 Å². The highest BCUT2D eigenvalue weighted by molar-refractivity contribution is 7.64. The molecule has 0 aliphatic heterocycles. The summed E-state index contributed by atoms with van der Waals surface area (Å²) in [6.45, 7) is 0. The molecule has 0 radical (unpaired) electrons. The Morgan fingerprint density at radius 3 is 1.83 bits per heavy atom. The highest BCUT2D eigenvalue weighted by Gasteiger charge is 2.42. The highest BCUT2D eigenvalue weighted by Crippen LogP contribution is 2.35. The minimum absolute atomic E-state index is 0.463. The zero-order chi connectivity index (χ0) is 9.99. The van der Waals surface area contributed by atoms with Gasteiger partial charge in [0.25, 0.3) is 0 Å². The number of halogens is 7. The van der Waals surface area contributed by atoms with Gasteiger partial charge < -0.3 is 0 Å². The molecule has 0 rings (SSSR count). The second-order valence-corrected chi connectivity index (χ2v) is 11.5. The van der Waals surface area contributed by atoms with Gasteiger partial charge in [-0.15, -0.1) is 33.2 Å². The maximum atomic E-state index is 12.2. The van der Waals surface area contributed by atoms with E-state index < -0.39 is 30.8 Å². The molecule has 0 atom stereocenters. The van der Waals surface area contributed by atoms with E-state index >= 15 is 0 Å². The van der Waals surface area contributed by atoms with Crippen LogP contribution in [0.1, 0.15) is 6.42 Å². The normalized spacial score (nSPS) is 14.0. The number of alkyl halides is 4. The lowest BCUT2D eigenvalue weighted by atomic mass is 10.3. The SMILES string of the molecule is FC(F)C(F)(F)CC[Si](Cl)(Cl)Cl. The average molecular weight is 264 g/mol. The van der Waals surface area contributed by atoms with Crippen molar-refractivity contribution in [1.29, 1.82) is 0 Å². The lowest BCUT2D eigenvalue weighted by Gasteiger charge is -2.16. The first-order valence-corrected chi connectivity index (χ1v) is 8.12. The molecule has 0 saturated heterocycles. The van der Waals surface area contributed by atoms with Crippen molar-refractivity contribution in [3.8, 4) is 0 Å². The van der Waals surface area contributed by atoms with Crippen LogP contribution in [0, 0.1) is 0 Å². The Kier molecular flexibility index (Phi) is 4.64. The molecule has 0 unspecified atom stereocenters. The molecular formula is C4H5Cl3F4Si. The molecule has 12 heavy (non-hydrogen) atoms. The molecule has 0 aromatic rings. The Hall–Kier alpha value is 0.807. The molecule has 0 amide bonds. The van der Waals surface area contributed by atoms with Crippen molar-refractivity contribution >= 4 is 39.2 Å². The lowest BCUT2D eigenvalue weighted by Crippen LogP contribution is -2.28. The quantitative estimate of drug-likeness (QED) is 0.409. The molecule has 0 aliphatic rings. The standard InChI is InChI=1S/C4H5Cl3F4Si/c5-12(6,7)2-1-4(10,11)3(8)9/h3H,1-2H2. The van der Waals surface area contributed by atoms with Crippen LogP contribution in [-0.2, 0) is 0 Å². The van der Waals surface area contributed by atoms with Gasteiger partial charge in [-0.2, -0.15) is 0 Å². The summed E-state index contributed by atoms with van der Waals surface area (Å²) in [5, 5.41) is 0. The molecule has 0 spiro atoms. The van der Waals surface area contributed by atoms with Crippen LogP contribution in [-0.4, -0.2) is 18.4 Å². The molecule has 74 valence electrons. The minimum Gasteiger partial charge on any atom is -0.204 e. The molecule has 8 heteroatoms. The molecule has 0 bridgehead atoms. The first kappa shape index (κ1) is 12.8. The third kappa shape index (κ3) is 5.45. The molecule has 0 aliphatic carbocycles. The summed E-state index contributed by atoms with van der Waals surface area (Å²) in [4.78, 5) is 0. The van der Waals surface area contributed by atoms with E-state index in [1.807, 2.05) is 0 Å². The summed E-state index contributed by atoms with van der Waals surface area (Å²) in [7, 11) is 0. The van der Waals surface area contributed by atoms with Gasteiger partial charge in [0, 0.05) is 6.42 Å². The maximum absolute atomic E-state index is 12.2. The van der Waals surface area contributed by atoms with E-state index in [-0.39, 0.29) is 0 Å². The summed E-state index contributed by atoms with van der Waals surface area (Å²) in [5.74, 6) is -4.04. The van der Waals surface area contributed by atoms with Crippen LogP contribution in [0.25, 0.3) is 0 Å². The summed E-state index contributed by atoms with van der Waals surface area (Å²) in [6.07, 6.45) is -4.77. The molecule has 0 N–H and O–H groups in total. The van der Waals surface area contributed by atoms with E-state index in [2.05, 4.69) is 0 Å². The fourth-order valence-corrected chi connectivity index (χ4v) is 1.88. The van der Waals surface area contributed by atoms with E-state index in [1.165, 1.54) is 0 Å². The van der Waals surface area contributed by atoms with Crippen molar-refractivity contribution in [2.45, 2.75) is 24.8 Å². The minimum atomic E-state index is -4.04. The summed E-state index contributed by atoms with van der Waals surface area (Å²) < 4.78 is 47.4. The van der Waals surface area contributed by atoms with Gasteiger partial charge in [-0.05, 0) is 6.04 Å². The van der Waals surface area contributed by atoms with Gasteiger partial charge in [0.2, 0.25) is 0 Å². The number of hydrogen-bond acceptors (Lipinski definition) is 0. The van der Waals surface area contributed by atoms with Crippen molar-refractivity contribution in [2.75, 3.05) is 0 Å². The molecule has 0 heterocycles. The van der Waals surface area contributed by atoms with Gasteiger partial charge >= 0.3 is 18.4 Å². The average Bonchev–Trinajstić information content (AvgIpc) is 1.82. The van der Waals surface area contributed by atoms with E-state index in [9.17, 15) is 17.6 Å².